The number of benzene rings is 2. The van der Waals surface area contributed by atoms with Crippen molar-refractivity contribution in [2.45, 2.75) is 26.2 Å². The molecule has 0 bridgehead atoms. The molecule has 0 spiro atoms. The Morgan fingerprint density at radius 2 is 1.68 bits per heavy atom. The molecule has 25 heavy (non-hydrogen) atoms. The summed E-state index contributed by atoms with van der Waals surface area (Å²) in [6.07, 6.45) is 3.60. The van der Waals surface area contributed by atoms with Gasteiger partial charge in [-0.05, 0) is 6.42 Å². The summed E-state index contributed by atoms with van der Waals surface area (Å²) in [4.78, 5) is 0. The average Bonchev–Trinajstić information content (AvgIpc) is 3.27. The predicted octanol–water partition coefficient (Wildman–Crippen LogP) is -0.393. The van der Waals surface area contributed by atoms with Crippen molar-refractivity contribution in [1.82, 2.24) is 0 Å². The molecule has 4 rings (SSSR count). The summed E-state index contributed by atoms with van der Waals surface area (Å²) in [7, 11) is 0. The van der Waals surface area contributed by atoms with Crippen LogP contribution < -0.4 is 24.8 Å². The van der Waals surface area contributed by atoms with Gasteiger partial charge in [0.25, 0.3) is 0 Å². The summed E-state index contributed by atoms with van der Waals surface area (Å²) in [5.41, 5.74) is 5.51. The molecule has 1 aliphatic rings. The maximum atomic E-state index is 3.30. The number of halogens is 2. The fourth-order valence-electron chi connectivity index (χ4n) is 2.46. The number of hydrogen-bond donors (Lipinski definition) is 0. The Hall–Kier alpha value is -1.05. The molecule has 0 saturated heterocycles. The Morgan fingerprint density at radius 3 is 2.24 bits per heavy atom. The molecule has 0 heterocycles. The van der Waals surface area contributed by atoms with Crippen LogP contribution >= 0.6 is 0 Å². The second-order valence-electron chi connectivity index (χ2n) is 5.35. The first-order chi connectivity index (χ1) is 11.4. The SMILES string of the molecule is CCC[CH]=[Ti+2].[Cl-].[Cl-].[c-]1cccc2c1Cc1ccccc1-2.c1cc[cH-]c1. The third kappa shape index (κ3) is 7.80. The molecule has 0 radical (unpaired) electrons. The van der Waals surface area contributed by atoms with Gasteiger partial charge in [-0.2, -0.15) is 48.0 Å². The summed E-state index contributed by atoms with van der Waals surface area (Å²) in [6.45, 7) is 2.18. The van der Waals surface area contributed by atoms with Gasteiger partial charge in [0.1, 0.15) is 0 Å². The van der Waals surface area contributed by atoms with Crippen LogP contribution in [0.25, 0.3) is 11.1 Å². The van der Waals surface area contributed by atoms with Crippen LogP contribution in [-0.2, 0) is 26.4 Å². The van der Waals surface area contributed by atoms with Crippen molar-refractivity contribution in [3.63, 3.8) is 0 Å². The van der Waals surface area contributed by atoms with E-state index in [0.29, 0.717) is 0 Å². The fraction of sp³-hybridized carbons (Fsp3) is 0.182. The van der Waals surface area contributed by atoms with E-state index in [2.05, 4.69) is 73.7 Å². The molecule has 0 unspecified atom stereocenters. The van der Waals surface area contributed by atoms with Gasteiger partial charge in [0.05, 0.1) is 0 Å². The van der Waals surface area contributed by atoms with E-state index in [0.717, 1.165) is 6.42 Å². The molecule has 1 aliphatic carbocycles. The quantitative estimate of drug-likeness (QED) is 0.315. The minimum atomic E-state index is 0. The molecular formula is C22H22Cl2Ti-2. The molecule has 0 atom stereocenters. The van der Waals surface area contributed by atoms with Crippen LogP contribution in [0.4, 0.5) is 0 Å². The zero-order chi connectivity index (χ0) is 16.3. The van der Waals surface area contributed by atoms with Crippen LogP contribution in [0.3, 0.4) is 0 Å². The van der Waals surface area contributed by atoms with E-state index in [9.17, 15) is 0 Å². The van der Waals surface area contributed by atoms with Gasteiger partial charge in [-0.25, -0.2) is 12.1 Å². The predicted molar refractivity (Wildman–Crippen MR) is 96.5 cm³/mol. The molecule has 3 aromatic carbocycles. The van der Waals surface area contributed by atoms with E-state index < -0.39 is 0 Å². The Bertz CT molecular complexity index is 645. The summed E-state index contributed by atoms with van der Waals surface area (Å²) in [6, 6.07) is 28.1. The number of fused-ring (bicyclic) bond motifs is 3. The maximum Gasteiger partial charge on any atom is -0.0253 e. The number of unbranched alkanes of at least 4 members (excludes halogenated alkanes) is 1. The van der Waals surface area contributed by atoms with Crippen molar-refractivity contribution < 1.29 is 44.8 Å². The normalized spacial score (nSPS) is 9.56. The van der Waals surface area contributed by atoms with Crippen molar-refractivity contribution in [2.24, 2.45) is 0 Å². The molecule has 0 N–H and O–H groups in total. The molecule has 3 heteroatoms. The molecule has 130 valence electrons. The number of hydrogen-bond acceptors (Lipinski definition) is 0. The Morgan fingerprint density at radius 1 is 1.00 bits per heavy atom. The van der Waals surface area contributed by atoms with Crippen molar-refractivity contribution >= 4 is 4.31 Å². The average molecular weight is 405 g/mol. The van der Waals surface area contributed by atoms with Crippen LogP contribution in [0, 0.1) is 6.07 Å². The monoisotopic (exact) mass is 404 g/mol. The van der Waals surface area contributed by atoms with Crippen LogP contribution in [-0.4, -0.2) is 4.31 Å². The van der Waals surface area contributed by atoms with Gasteiger partial charge in [-0.3, -0.25) is 0 Å². The van der Waals surface area contributed by atoms with E-state index in [-0.39, 0.29) is 24.8 Å². The fourth-order valence-corrected chi connectivity index (χ4v) is 2.91. The van der Waals surface area contributed by atoms with E-state index in [1.807, 2.05) is 36.4 Å². The smallest absolute Gasteiger partial charge is 0.0253 e. The molecule has 0 aliphatic heterocycles. The minimum Gasteiger partial charge on any atom is -1.00 e. The maximum absolute atomic E-state index is 3.30. The standard InChI is InChI=1S/C13H9.C5H5.C4H8.2ClH.Ti/c1-3-7-12-10(5-1)9-11-6-2-4-8-13(11)12;1-2-4-5-3-1;1-3-4-2;;;/h1-5,7-8H,9H2;1-5H;1H,3-4H2,2H3;2*1H;/q2*-1;;;;+2/p-2. The topological polar surface area (TPSA) is 0 Å². The zero-order valence-electron chi connectivity index (χ0n) is 14.4. The zero-order valence-corrected chi connectivity index (χ0v) is 17.5. The summed E-state index contributed by atoms with van der Waals surface area (Å²) in [5.74, 6) is 0. The molecule has 3 aromatic rings. The number of rotatable bonds is 2. The van der Waals surface area contributed by atoms with Gasteiger partial charge in [-0.1, -0.05) is 35.4 Å². The van der Waals surface area contributed by atoms with Gasteiger partial charge in [0, 0.05) is 0 Å². The van der Waals surface area contributed by atoms with Crippen LogP contribution in [0.2, 0.25) is 0 Å². The first-order valence-electron chi connectivity index (χ1n) is 8.10. The van der Waals surface area contributed by atoms with Gasteiger partial charge >= 0.3 is 44.1 Å². The van der Waals surface area contributed by atoms with Crippen LogP contribution in [0.15, 0.2) is 72.8 Å². The van der Waals surface area contributed by atoms with Crippen LogP contribution in [0.1, 0.15) is 30.9 Å². The molecular weight excluding hydrogens is 383 g/mol. The first-order valence-corrected chi connectivity index (χ1v) is 9.00. The molecule has 0 saturated carbocycles. The van der Waals surface area contributed by atoms with E-state index in [1.54, 1.807) is 0 Å². The van der Waals surface area contributed by atoms with E-state index >= 15 is 0 Å². The van der Waals surface area contributed by atoms with Crippen molar-refractivity contribution in [2.75, 3.05) is 0 Å². The largest absolute Gasteiger partial charge is 1.00 e. The summed E-state index contributed by atoms with van der Waals surface area (Å²) < 4.78 is 2.18. The summed E-state index contributed by atoms with van der Waals surface area (Å²) >= 11 is 2.09. The van der Waals surface area contributed by atoms with Crippen molar-refractivity contribution in [3.8, 4) is 11.1 Å². The Balaban J connectivity index is 0.000000408. The second kappa shape index (κ2) is 14.2. The molecule has 0 amide bonds. The third-order valence-electron chi connectivity index (χ3n) is 3.61. The van der Waals surface area contributed by atoms with Gasteiger partial charge in [0.2, 0.25) is 0 Å². The molecule has 0 fully saturated rings. The van der Waals surface area contributed by atoms with Gasteiger partial charge in [0.15, 0.2) is 0 Å². The minimum absolute atomic E-state index is 0. The first kappa shape index (κ1) is 24.0. The Kier molecular flexibility index (Phi) is 13.6. The van der Waals surface area contributed by atoms with Crippen molar-refractivity contribution in [3.05, 3.63) is 90.0 Å². The second-order valence-corrected chi connectivity index (χ2v) is 5.99. The molecule has 0 nitrogen and oxygen atoms in total. The van der Waals surface area contributed by atoms with Gasteiger partial charge < -0.3 is 24.8 Å². The van der Waals surface area contributed by atoms with Crippen LogP contribution in [0.5, 0.6) is 0 Å². The Labute approximate surface area is 175 Å². The van der Waals surface area contributed by atoms with Crippen molar-refractivity contribution in [1.29, 1.82) is 0 Å². The van der Waals surface area contributed by atoms with Gasteiger partial charge in [-0.15, -0.1) is 5.56 Å². The summed E-state index contributed by atoms with van der Waals surface area (Å²) in [5, 5.41) is 0. The third-order valence-corrected chi connectivity index (χ3v) is 4.06. The van der Waals surface area contributed by atoms with E-state index in [1.165, 1.54) is 35.1 Å². The molecule has 0 aromatic heterocycles. The van der Waals surface area contributed by atoms with E-state index in [4.69, 9.17) is 0 Å².